The molecule has 0 atom stereocenters. The predicted octanol–water partition coefficient (Wildman–Crippen LogP) is 2.75. The molecule has 3 nitrogen and oxygen atoms in total. The van der Waals surface area contributed by atoms with Gasteiger partial charge in [-0.25, -0.2) is 0 Å². The number of carbonyl (C=O) groups excluding carboxylic acids is 1. The molecule has 1 N–H and O–H groups in total. The molecule has 0 radical (unpaired) electrons. The molecule has 92 valence electrons. The fraction of sp³-hybridized carbons (Fsp3) is 0.462. The molecule has 0 aliphatic heterocycles. The van der Waals surface area contributed by atoms with E-state index in [0.717, 1.165) is 23.9 Å². The topological polar surface area (TPSA) is 38.3 Å². The number of carbonyl (C=O) groups is 1. The van der Waals surface area contributed by atoms with Crippen molar-refractivity contribution < 1.29 is 9.53 Å². The summed E-state index contributed by atoms with van der Waals surface area (Å²) in [5.74, 6) is -0.00810. The summed E-state index contributed by atoms with van der Waals surface area (Å²) in [4.78, 5) is 11.9. The van der Waals surface area contributed by atoms with Crippen LogP contribution in [-0.2, 0) is 4.74 Å². The molecule has 17 heavy (non-hydrogen) atoms. The molecule has 1 aliphatic rings. The number of hydrogen-bond donors (Lipinski definition) is 1. The van der Waals surface area contributed by atoms with Crippen LogP contribution in [0.5, 0.6) is 0 Å². The van der Waals surface area contributed by atoms with Crippen molar-refractivity contribution in [1.82, 2.24) is 5.32 Å². The van der Waals surface area contributed by atoms with Gasteiger partial charge in [0.2, 0.25) is 0 Å². The van der Waals surface area contributed by atoms with Crippen molar-refractivity contribution in [3.05, 3.63) is 34.3 Å². The molecule has 1 aliphatic carbocycles. The van der Waals surface area contributed by atoms with E-state index < -0.39 is 0 Å². The lowest BCUT2D eigenvalue weighted by Crippen LogP contribution is -2.47. The number of benzene rings is 1. The first-order chi connectivity index (χ1) is 8.19. The summed E-state index contributed by atoms with van der Waals surface area (Å²) in [5, 5.41) is 3.01. The lowest BCUT2D eigenvalue weighted by Gasteiger charge is -2.35. The zero-order valence-corrected chi connectivity index (χ0v) is 11.4. The smallest absolute Gasteiger partial charge is 0.251 e. The van der Waals surface area contributed by atoms with E-state index in [1.807, 2.05) is 31.2 Å². The van der Waals surface area contributed by atoms with E-state index in [1.165, 1.54) is 0 Å². The van der Waals surface area contributed by atoms with Gasteiger partial charge in [0.05, 0.1) is 6.10 Å². The van der Waals surface area contributed by atoms with E-state index in [9.17, 15) is 4.79 Å². The monoisotopic (exact) mass is 297 g/mol. The summed E-state index contributed by atoms with van der Waals surface area (Å²) in [6.45, 7) is 2.74. The summed E-state index contributed by atoms with van der Waals surface area (Å²) in [6, 6.07) is 7.68. The van der Waals surface area contributed by atoms with Crippen molar-refractivity contribution in [2.45, 2.75) is 31.9 Å². The Morgan fingerprint density at radius 2 is 2.29 bits per heavy atom. The van der Waals surface area contributed by atoms with Gasteiger partial charge >= 0.3 is 0 Å². The van der Waals surface area contributed by atoms with Gasteiger partial charge < -0.3 is 10.1 Å². The number of rotatable bonds is 4. The van der Waals surface area contributed by atoms with Gasteiger partial charge in [-0.05, 0) is 38.0 Å². The van der Waals surface area contributed by atoms with E-state index in [4.69, 9.17) is 4.74 Å². The Morgan fingerprint density at radius 3 is 2.94 bits per heavy atom. The minimum Gasteiger partial charge on any atom is -0.378 e. The third-order valence-corrected chi connectivity index (χ3v) is 3.41. The number of ether oxygens (including phenoxy) is 1. The molecule has 1 aromatic rings. The molecule has 1 amide bonds. The highest BCUT2D eigenvalue weighted by Gasteiger charge is 2.30. The van der Waals surface area contributed by atoms with Crippen LogP contribution in [-0.4, -0.2) is 24.7 Å². The van der Waals surface area contributed by atoms with Gasteiger partial charge in [-0.1, -0.05) is 22.0 Å². The molecule has 0 spiro atoms. The lowest BCUT2D eigenvalue weighted by molar-refractivity contribution is -0.00862. The van der Waals surface area contributed by atoms with E-state index in [2.05, 4.69) is 21.2 Å². The second-order valence-corrected chi connectivity index (χ2v) is 5.15. The maximum Gasteiger partial charge on any atom is 0.251 e. The molecule has 1 fully saturated rings. The van der Waals surface area contributed by atoms with Crippen LogP contribution in [0.2, 0.25) is 0 Å². The third kappa shape index (κ3) is 3.30. The highest BCUT2D eigenvalue weighted by atomic mass is 79.9. The van der Waals surface area contributed by atoms with Crippen LogP contribution >= 0.6 is 15.9 Å². The summed E-state index contributed by atoms with van der Waals surface area (Å²) >= 11 is 3.36. The number of hydrogen-bond acceptors (Lipinski definition) is 2. The summed E-state index contributed by atoms with van der Waals surface area (Å²) < 4.78 is 6.38. The second kappa shape index (κ2) is 5.65. The highest BCUT2D eigenvalue weighted by molar-refractivity contribution is 9.10. The van der Waals surface area contributed by atoms with Crippen LogP contribution in [0.1, 0.15) is 30.1 Å². The first-order valence-electron chi connectivity index (χ1n) is 5.87. The summed E-state index contributed by atoms with van der Waals surface area (Å²) in [6.07, 6.45) is 2.18. The van der Waals surface area contributed by atoms with Gasteiger partial charge in [-0.15, -0.1) is 0 Å². The Labute approximate surface area is 110 Å². The molecular formula is C13H16BrNO2. The fourth-order valence-electron chi connectivity index (χ4n) is 1.95. The van der Waals surface area contributed by atoms with E-state index in [1.54, 1.807) is 0 Å². The highest BCUT2D eigenvalue weighted by Crippen LogP contribution is 2.23. The molecule has 0 aromatic heterocycles. The van der Waals surface area contributed by atoms with Gasteiger partial charge in [0.25, 0.3) is 5.91 Å². The first-order valence-corrected chi connectivity index (χ1v) is 6.66. The quantitative estimate of drug-likeness (QED) is 0.928. The van der Waals surface area contributed by atoms with Gasteiger partial charge in [0.1, 0.15) is 0 Å². The molecule has 2 rings (SSSR count). The standard InChI is InChI=1S/C13H16BrNO2/c1-2-17-12-7-11(8-12)15-13(16)9-4-3-5-10(14)6-9/h3-6,11-12H,2,7-8H2,1H3,(H,15,16). The number of amides is 1. The summed E-state index contributed by atoms with van der Waals surface area (Å²) in [5.41, 5.74) is 0.694. The van der Waals surface area contributed by atoms with Crippen molar-refractivity contribution in [3.63, 3.8) is 0 Å². The molecule has 0 saturated heterocycles. The van der Waals surface area contributed by atoms with Gasteiger partial charge in [-0.2, -0.15) is 0 Å². The molecule has 0 bridgehead atoms. The van der Waals surface area contributed by atoms with E-state index >= 15 is 0 Å². The van der Waals surface area contributed by atoms with Crippen LogP contribution in [0.15, 0.2) is 28.7 Å². The molecular weight excluding hydrogens is 282 g/mol. The second-order valence-electron chi connectivity index (χ2n) is 4.23. The fourth-order valence-corrected chi connectivity index (χ4v) is 2.35. The van der Waals surface area contributed by atoms with Crippen LogP contribution in [0.4, 0.5) is 0 Å². The Morgan fingerprint density at radius 1 is 1.53 bits per heavy atom. The zero-order chi connectivity index (χ0) is 12.3. The van der Waals surface area contributed by atoms with Crippen molar-refractivity contribution in [3.8, 4) is 0 Å². The van der Waals surface area contributed by atoms with Crippen molar-refractivity contribution >= 4 is 21.8 Å². The molecule has 4 heteroatoms. The predicted molar refractivity (Wildman–Crippen MR) is 70.0 cm³/mol. The average molecular weight is 298 g/mol. The number of nitrogens with one attached hydrogen (secondary N) is 1. The van der Waals surface area contributed by atoms with Crippen LogP contribution in [0, 0.1) is 0 Å². The van der Waals surface area contributed by atoms with Crippen LogP contribution in [0.25, 0.3) is 0 Å². The lowest BCUT2D eigenvalue weighted by atomic mass is 9.89. The Hall–Kier alpha value is -0.870. The minimum atomic E-state index is -0.00810. The Balaban J connectivity index is 1.83. The van der Waals surface area contributed by atoms with Crippen LogP contribution in [0.3, 0.4) is 0 Å². The normalized spacial score (nSPS) is 22.9. The minimum absolute atomic E-state index is 0.00810. The molecule has 1 aromatic carbocycles. The maximum absolute atomic E-state index is 11.9. The largest absolute Gasteiger partial charge is 0.378 e. The number of halogens is 1. The third-order valence-electron chi connectivity index (χ3n) is 2.92. The SMILES string of the molecule is CCOC1CC(NC(=O)c2cccc(Br)c2)C1. The Bertz CT molecular complexity index is 402. The maximum atomic E-state index is 11.9. The molecule has 0 heterocycles. The van der Waals surface area contributed by atoms with Crippen LogP contribution < -0.4 is 5.32 Å². The first kappa shape index (κ1) is 12.6. The summed E-state index contributed by atoms with van der Waals surface area (Å²) in [7, 11) is 0. The van der Waals surface area contributed by atoms with Gasteiger partial charge in [-0.3, -0.25) is 4.79 Å². The molecule has 0 unspecified atom stereocenters. The van der Waals surface area contributed by atoms with Crippen molar-refractivity contribution in [2.24, 2.45) is 0 Å². The zero-order valence-electron chi connectivity index (χ0n) is 9.78. The Kier molecular flexibility index (Phi) is 4.18. The van der Waals surface area contributed by atoms with Gasteiger partial charge in [0.15, 0.2) is 0 Å². The van der Waals surface area contributed by atoms with E-state index in [-0.39, 0.29) is 11.9 Å². The average Bonchev–Trinajstić information content (AvgIpc) is 2.26. The van der Waals surface area contributed by atoms with Crippen molar-refractivity contribution in [2.75, 3.05) is 6.61 Å². The van der Waals surface area contributed by atoms with Crippen molar-refractivity contribution in [1.29, 1.82) is 0 Å². The van der Waals surface area contributed by atoms with Gasteiger partial charge in [0, 0.05) is 22.7 Å². The van der Waals surface area contributed by atoms with E-state index in [0.29, 0.717) is 11.7 Å². The molecule has 1 saturated carbocycles.